The molecule has 0 aliphatic rings. The van der Waals surface area contributed by atoms with Crippen molar-refractivity contribution < 1.29 is 13.6 Å². The summed E-state index contributed by atoms with van der Waals surface area (Å²) in [6.45, 7) is 6.49. The molecule has 1 atom stereocenters. The number of hydrogen-bond acceptors (Lipinski definition) is 2. The Balaban J connectivity index is 2.52. The first-order chi connectivity index (χ1) is 9.75. The fraction of sp³-hybridized carbons (Fsp3) is 0.562. The molecule has 0 radical (unpaired) electrons. The lowest BCUT2D eigenvalue weighted by Gasteiger charge is -2.24. The Morgan fingerprint density at radius 3 is 2.52 bits per heavy atom. The molecule has 1 aromatic carbocycles. The maximum Gasteiger partial charge on any atom is 0.220 e. The third kappa shape index (κ3) is 5.79. The first-order valence-corrected chi connectivity index (χ1v) is 7.19. The minimum atomic E-state index is -0.905. The highest BCUT2D eigenvalue weighted by molar-refractivity contribution is 5.76. The average molecular weight is 298 g/mol. The molecule has 0 aliphatic heterocycles. The van der Waals surface area contributed by atoms with Crippen LogP contribution in [0.15, 0.2) is 18.2 Å². The van der Waals surface area contributed by atoms with E-state index in [1.165, 1.54) is 6.07 Å². The first-order valence-electron chi connectivity index (χ1n) is 7.19. The Hall–Kier alpha value is -1.49. The number of hydrogen-bond donors (Lipinski definition) is 2. The van der Waals surface area contributed by atoms with Gasteiger partial charge in [0.25, 0.3) is 0 Å². The van der Waals surface area contributed by atoms with Crippen LogP contribution in [0.5, 0.6) is 0 Å². The van der Waals surface area contributed by atoms with Crippen LogP contribution >= 0.6 is 0 Å². The number of nitrogens with one attached hydrogen (secondary N) is 1. The van der Waals surface area contributed by atoms with Crippen LogP contribution in [0.4, 0.5) is 8.78 Å². The van der Waals surface area contributed by atoms with Gasteiger partial charge in [-0.1, -0.05) is 19.9 Å². The van der Waals surface area contributed by atoms with E-state index >= 15 is 0 Å². The molecule has 0 bridgehead atoms. The quantitative estimate of drug-likeness (QED) is 0.811. The molecule has 0 saturated heterocycles. The van der Waals surface area contributed by atoms with E-state index in [1.54, 1.807) is 6.92 Å². The topological polar surface area (TPSA) is 55.1 Å². The summed E-state index contributed by atoms with van der Waals surface area (Å²) in [4.78, 5) is 11.9. The summed E-state index contributed by atoms with van der Waals surface area (Å²) in [6, 6.07) is 3.29. The number of rotatable bonds is 7. The maximum absolute atomic E-state index is 13.2. The highest BCUT2D eigenvalue weighted by Crippen LogP contribution is 2.26. The van der Waals surface area contributed by atoms with E-state index in [0.717, 1.165) is 25.0 Å². The highest BCUT2D eigenvalue weighted by Gasteiger charge is 2.19. The second-order valence-electron chi connectivity index (χ2n) is 6.17. The van der Waals surface area contributed by atoms with Gasteiger partial charge in [-0.05, 0) is 49.4 Å². The van der Waals surface area contributed by atoms with Gasteiger partial charge in [-0.15, -0.1) is 0 Å². The minimum absolute atomic E-state index is 0.0251. The molecule has 21 heavy (non-hydrogen) atoms. The van der Waals surface area contributed by atoms with E-state index in [9.17, 15) is 13.6 Å². The number of nitrogens with two attached hydrogens (primary N) is 1. The van der Waals surface area contributed by atoms with Crippen LogP contribution < -0.4 is 11.1 Å². The molecular formula is C16H24F2N2O. The van der Waals surface area contributed by atoms with Gasteiger partial charge in [-0.25, -0.2) is 8.78 Å². The lowest BCUT2D eigenvalue weighted by Crippen LogP contribution is -2.28. The predicted octanol–water partition coefficient (Wildman–Crippen LogP) is 3.30. The van der Waals surface area contributed by atoms with E-state index in [0.29, 0.717) is 18.5 Å². The van der Waals surface area contributed by atoms with Gasteiger partial charge in [0.2, 0.25) is 5.91 Å². The van der Waals surface area contributed by atoms with Gasteiger partial charge in [0.15, 0.2) is 11.6 Å². The van der Waals surface area contributed by atoms with Crippen LogP contribution in [0.3, 0.4) is 0 Å². The van der Waals surface area contributed by atoms with Crippen molar-refractivity contribution >= 4 is 5.91 Å². The highest BCUT2D eigenvalue weighted by atomic mass is 19.2. The SMILES string of the molecule is CC(NC(=O)CCC(C)(C)CCN)c1ccc(F)c(F)c1. The van der Waals surface area contributed by atoms with Crippen LogP contribution in [0.2, 0.25) is 0 Å². The van der Waals surface area contributed by atoms with E-state index in [1.807, 2.05) is 0 Å². The van der Waals surface area contributed by atoms with Crippen LogP contribution in [0.25, 0.3) is 0 Å². The smallest absolute Gasteiger partial charge is 0.220 e. The van der Waals surface area contributed by atoms with Crippen molar-refractivity contribution in [2.45, 2.75) is 46.1 Å². The summed E-state index contributed by atoms with van der Waals surface area (Å²) in [7, 11) is 0. The number of halogens is 2. The summed E-state index contributed by atoms with van der Waals surface area (Å²) in [5.74, 6) is -1.89. The molecule has 5 heteroatoms. The van der Waals surface area contributed by atoms with Crippen molar-refractivity contribution in [3.63, 3.8) is 0 Å². The van der Waals surface area contributed by atoms with E-state index in [4.69, 9.17) is 5.73 Å². The Morgan fingerprint density at radius 1 is 1.29 bits per heavy atom. The zero-order chi connectivity index (χ0) is 16.0. The Kier molecular flexibility index (Phi) is 6.27. The largest absolute Gasteiger partial charge is 0.350 e. The molecule has 3 nitrogen and oxygen atoms in total. The third-order valence-electron chi connectivity index (χ3n) is 3.67. The number of amides is 1. The Bertz CT molecular complexity index is 489. The summed E-state index contributed by atoms with van der Waals surface area (Å²) in [6.07, 6.45) is 1.99. The number of carbonyl (C=O) groups is 1. The molecule has 0 heterocycles. The van der Waals surface area contributed by atoms with Gasteiger partial charge in [0.1, 0.15) is 0 Å². The summed E-state index contributed by atoms with van der Waals surface area (Å²) in [5.41, 5.74) is 6.11. The van der Waals surface area contributed by atoms with Gasteiger partial charge in [-0.2, -0.15) is 0 Å². The van der Waals surface area contributed by atoms with Gasteiger partial charge >= 0.3 is 0 Å². The molecule has 1 amide bonds. The number of benzene rings is 1. The van der Waals surface area contributed by atoms with Gasteiger partial charge in [0, 0.05) is 6.42 Å². The minimum Gasteiger partial charge on any atom is -0.350 e. The van der Waals surface area contributed by atoms with Crippen molar-refractivity contribution in [1.29, 1.82) is 0 Å². The van der Waals surface area contributed by atoms with Crippen LogP contribution in [0.1, 0.15) is 51.6 Å². The molecule has 1 aromatic rings. The maximum atomic E-state index is 13.2. The molecular weight excluding hydrogens is 274 g/mol. The first kappa shape index (κ1) is 17.6. The second-order valence-corrected chi connectivity index (χ2v) is 6.17. The predicted molar refractivity (Wildman–Crippen MR) is 79.6 cm³/mol. The third-order valence-corrected chi connectivity index (χ3v) is 3.67. The fourth-order valence-corrected chi connectivity index (χ4v) is 2.15. The average Bonchev–Trinajstić information content (AvgIpc) is 2.39. The molecule has 0 saturated carbocycles. The summed E-state index contributed by atoms with van der Waals surface area (Å²) < 4.78 is 26.0. The zero-order valence-corrected chi connectivity index (χ0v) is 12.9. The lowest BCUT2D eigenvalue weighted by atomic mass is 9.84. The molecule has 1 rings (SSSR count). The van der Waals surface area contributed by atoms with Crippen molar-refractivity contribution in [2.75, 3.05) is 6.54 Å². The monoisotopic (exact) mass is 298 g/mol. The van der Waals surface area contributed by atoms with E-state index in [-0.39, 0.29) is 17.4 Å². The van der Waals surface area contributed by atoms with Crippen molar-refractivity contribution in [2.24, 2.45) is 11.1 Å². The normalized spacial score (nSPS) is 13.0. The molecule has 0 aliphatic carbocycles. The standard InChI is InChI=1S/C16H24F2N2O/c1-11(12-4-5-13(17)14(18)10-12)20-15(21)6-7-16(2,3)8-9-19/h4-5,10-11H,6-9,19H2,1-3H3,(H,20,21). The van der Waals surface area contributed by atoms with Crippen molar-refractivity contribution in [3.8, 4) is 0 Å². The second kappa shape index (κ2) is 7.50. The van der Waals surface area contributed by atoms with Gasteiger partial charge in [-0.3, -0.25) is 4.79 Å². The van der Waals surface area contributed by atoms with Crippen molar-refractivity contribution in [3.05, 3.63) is 35.4 Å². The summed E-state index contributed by atoms with van der Waals surface area (Å²) >= 11 is 0. The molecule has 0 aromatic heterocycles. The molecule has 1 unspecified atom stereocenters. The molecule has 0 fully saturated rings. The Morgan fingerprint density at radius 2 is 1.95 bits per heavy atom. The lowest BCUT2D eigenvalue weighted by molar-refractivity contribution is -0.122. The number of carbonyl (C=O) groups excluding carboxylic acids is 1. The molecule has 118 valence electrons. The van der Waals surface area contributed by atoms with Crippen LogP contribution in [-0.2, 0) is 4.79 Å². The molecule has 0 spiro atoms. The summed E-state index contributed by atoms with van der Waals surface area (Å²) in [5, 5.41) is 2.80. The Labute approximate surface area is 124 Å². The zero-order valence-electron chi connectivity index (χ0n) is 12.9. The fourth-order valence-electron chi connectivity index (χ4n) is 2.15. The van der Waals surface area contributed by atoms with Crippen LogP contribution in [0, 0.1) is 17.0 Å². The van der Waals surface area contributed by atoms with Gasteiger partial charge < -0.3 is 11.1 Å². The van der Waals surface area contributed by atoms with Crippen LogP contribution in [-0.4, -0.2) is 12.5 Å². The van der Waals surface area contributed by atoms with E-state index < -0.39 is 11.6 Å². The van der Waals surface area contributed by atoms with Crippen molar-refractivity contribution in [1.82, 2.24) is 5.32 Å². The van der Waals surface area contributed by atoms with Gasteiger partial charge in [0.05, 0.1) is 6.04 Å². The van der Waals surface area contributed by atoms with E-state index in [2.05, 4.69) is 19.2 Å². The molecule has 3 N–H and O–H groups in total.